The highest BCUT2D eigenvalue weighted by Crippen LogP contribution is 2.26. The largest absolute Gasteiger partial charge is 0.477 e. The fourth-order valence-electron chi connectivity index (χ4n) is 3.76. The molecule has 3 rings (SSSR count). The highest BCUT2D eigenvalue weighted by Gasteiger charge is 2.30. The Labute approximate surface area is 205 Å². The zero-order valence-corrected chi connectivity index (χ0v) is 20.6. The van der Waals surface area contributed by atoms with Crippen molar-refractivity contribution < 1.29 is 18.3 Å². The van der Waals surface area contributed by atoms with Crippen molar-refractivity contribution >= 4 is 28.5 Å². The smallest absolute Gasteiger partial charge is 0.254 e. The molecule has 33 heavy (non-hydrogen) atoms. The van der Waals surface area contributed by atoms with Crippen molar-refractivity contribution in [1.82, 2.24) is 19.9 Å². The van der Waals surface area contributed by atoms with Gasteiger partial charge in [0.05, 0.1) is 18.4 Å². The fourth-order valence-corrected chi connectivity index (χ4v) is 4.56. The molecule has 0 aliphatic carbocycles. The first-order chi connectivity index (χ1) is 15.9. The molecule has 3 aromatic rings. The Morgan fingerprint density at radius 1 is 1.12 bits per heavy atom. The Kier molecular flexibility index (Phi) is 9.04. The summed E-state index contributed by atoms with van der Waals surface area (Å²) in [7, 11) is 1.72. The molecule has 0 aliphatic heterocycles. The van der Waals surface area contributed by atoms with Crippen molar-refractivity contribution in [2.24, 2.45) is 5.92 Å². The number of carbonyl (C=O) groups is 1. The molecule has 2 aromatic heterocycles. The average Bonchev–Trinajstić information content (AvgIpc) is 2.84. The van der Waals surface area contributed by atoms with Gasteiger partial charge >= 0.3 is 0 Å². The number of rotatable bonds is 10. The van der Waals surface area contributed by atoms with Crippen molar-refractivity contribution in [3.05, 3.63) is 72.2 Å². The van der Waals surface area contributed by atoms with Gasteiger partial charge in [0.1, 0.15) is 11.6 Å². The maximum absolute atomic E-state index is 14.1. The molecule has 0 saturated carbocycles. The molecule has 0 saturated heterocycles. The summed E-state index contributed by atoms with van der Waals surface area (Å²) < 4.78 is 33.9. The van der Waals surface area contributed by atoms with Crippen LogP contribution in [0.15, 0.2) is 55.0 Å². The van der Waals surface area contributed by atoms with Crippen molar-refractivity contribution in [3.63, 3.8) is 0 Å². The van der Waals surface area contributed by atoms with Crippen LogP contribution in [0, 0.1) is 17.6 Å². The molecule has 2 atom stereocenters. The average molecular weight is 566 g/mol. The van der Waals surface area contributed by atoms with E-state index in [1.807, 2.05) is 6.92 Å². The molecular weight excluding hydrogens is 541 g/mol. The number of amides is 1. The monoisotopic (exact) mass is 566 g/mol. The molecule has 0 spiro atoms. The number of aromatic nitrogens is 3. The number of pyridine rings is 1. The van der Waals surface area contributed by atoms with Crippen LogP contribution < -0.4 is 4.74 Å². The predicted octanol–water partition coefficient (Wildman–Crippen LogP) is 5.19. The summed E-state index contributed by atoms with van der Waals surface area (Å²) in [5.41, 5.74) is 0.678. The molecule has 9 heteroatoms. The lowest BCUT2D eigenvalue weighted by Crippen LogP contribution is -2.44. The van der Waals surface area contributed by atoms with E-state index >= 15 is 0 Å². The third kappa shape index (κ3) is 6.43. The first-order valence-corrected chi connectivity index (χ1v) is 12.1. The summed E-state index contributed by atoms with van der Waals surface area (Å²) in [4.78, 5) is 27.5. The van der Waals surface area contributed by atoms with Gasteiger partial charge < -0.3 is 9.64 Å². The third-order valence-electron chi connectivity index (χ3n) is 5.42. The van der Waals surface area contributed by atoms with E-state index in [1.54, 1.807) is 30.4 Å². The van der Waals surface area contributed by atoms with Crippen molar-refractivity contribution in [1.29, 1.82) is 0 Å². The Morgan fingerprint density at radius 3 is 2.48 bits per heavy atom. The Balaban J connectivity index is 1.84. The SMILES string of the molecule is CCC([C@H](CCI)COc1ccc(F)cn1)N(C)C(=O)c1cc(F)ccc1-c1ncccn1. The van der Waals surface area contributed by atoms with Crippen LogP contribution in [0.4, 0.5) is 8.78 Å². The van der Waals surface area contributed by atoms with Gasteiger partial charge in [-0.25, -0.2) is 23.7 Å². The van der Waals surface area contributed by atoms with Crippen LogP contribution in [-0.4, -0.2) is 49.9 Å². The second-order valence-electron chi connectivity index (χ2n) is 7.52. The minimum Gasteiger partial charge on any atom is -0.477 e. The van der Waals surface area contributed by atoms with Crippen LogP contribution in [0.3, 0.4) is 0 Å². The van der Waals surface area contributed by atoms with Gasteiger partial charge in [-0.05, 0) is 47.6 Å². The predicted molar refractivity (Wildman–Crippen MR) is 130 cm³/mol. The third-order valence-corrected chi connectivity index (χ3v) is 6.05. The van der Waals surface area contributed by atoms with Crippen LogP contribution in [0.1, 0.15) is 30.1 Å². The highest BCUT2D eigenvalue weighted by atomic mass is 127. The number of benzene rings is 1. The van der Waals surface area contributed by atoms with Gasteiger partial charge in [0.15, 0.2) is 5.82 Å². The molecule has 0 aliphatic rings. The van der Waals surface area contributed by atoms with Crippen LogP contribution in [0.25, 0.3) is 11.4 Å². The van der Waals surface area contributed by atoms with Gasteiger partial charge in [-0.15, -0.1) is 0 Å². The molecule has 6 nitrogen and oxygen atoms in total. The van der Waals surface area contributed by atoms with Gasteiger partial charge in [0.2, 0.25) is 5.88 Å². The number of nitrogens with zero attached hydrogens (tertiary/aromatic N) is 4. The van der Waals surface area contributed by atoms with Crippen molar-refractivity contribution in [2.75, 3.05) is 18.1 Å². The van der Waals surface area contributed by atoms with E-state index in [9.17, 15) is 13.6 Å². The summed E-state index contributed by atoms with van der Waals surface area (Å²) in [6, 6.07) is 8.33. The second kappa shape index (κ2) is 12.0. The Bertz CT molecular complexity index is 1050. The normalized spacial score (nSPS) is 12.8. The Morgan fingerprint density at radius 2 is 1.85 bits per heavy atom. The van der Waals surface area contributed by atoms with Gasteiger partial charge in [-0.1, -0.05) is 29.5 Å². The maximum atomic E-state index is 14.1. The minimum atomic E-state index is -0.506. The lowest BCUT2D eigenvalue weighted by molar-refractivity contribution is 0.0613. The summed E-state index contributed by atoms with van der Waals surface area (Å²) >= 11 is 2.29. The van der Waals surface area contributed by atoms with E-state index in [1.165, 1.54) is 30.3 Å². The van der Waals surface area contributed by atoms with E-state index in [0.29, 0.717) is 30.3 Å². The quantitative estimate of drug-likeness (QED) is 0.250. The molecular formula is C24H25F2IN4O2. The number of carbonyl (C=O) groups excluding carboxylic acids is 1. The molecule has 0 radical (unpaired) electrons. The van der Waals surface area contributed by atoms with Crippen molar-refractivity contribution in [3.8, 4) is 17.3 Å². The van der Waals surface area contributed by atoms with Gasteiger partial charge in [0, 0.05) is 43.0 Å². The highest BCUT2D eigenvalue weighted by molar-refractivity contribution is 14.1. The lowest BCUT2D eigenvalue weighted by Gasteiger charge is -2.34. The molecule has 2 heterocycles. The molecule has 174 valence electrons. The van der Waals surface area contributed by atoms with Crippen LogP contribution in [0.5, 0.6) is 5.88 Å². The molecule has 1 amide bonds. The van der Waals surface area contributed by atoms with Gasteiger partial charge in [0.25, 0.3) is 5.91 Å². The van der Waals surface area contributed by atoms with E-state index in [2.05, 4.69) is 37.5 Å². The Hall–Kier alpha value is -2.69. The second-order valence-corrected chi connectivity index (χ2v) is 8.60. The number of hydrogen-bond donors (Lipinski definition) is 0. The molecule has 1 aromatic carbocycles. The summed E-state index contributed by atoms with van der Waals surface area (Å²) in [6.07, 6.45) is 5.74. The first kappa shape index (κ1) is 24.9. The summed E-state index contributed by atoms with van der Waals surface area (Å²) in [5, 5.41) is 0. The summed E-state index contributed by atoms with van der Waals surface area (Å²) in [6.45, 7) is 2.31. The van der Waals surface area contributed by atoms with Crippen LogP contribution in [0.2, 0.25) is 0 Å². The van der Waals surface area contributed by atoms with Crippen molar-refractivity contribution in [2.45, 2.75) is 25.8 Å². The summed E-state index contributed by atoms with van der Waals surface area (Å²) in [5.74, 6) is -0.575. The molecule has 0 bridgehead atoms. The molecule has 0 fully saturated rings. The van der Waals surface area contributed by atoms with Crippen LogP contribution in [-0.2, 0) is 0 Å². The molecule has 0 N–H and O–H groups in total. The zero-order chi connectivity index (χ0) is 23.8. The topological polar surface area (TPSA) is 68.2 Å². The van der Waals surface area contributed by atoms with E-state index in [4.69, 9.17) is 4.74 Å². The van der Waals surface area contributed by atoms with E-state index in [-0.39, 0.29) is 23.4 Å². The standard InChI is InChI=1S/C24H25F2IN4O2/c1-3-21(16(9-10-27)15-33-22-8-6-18(26)14-30-22)31(2)24(32)20-13-17(25)5-7-19(20)23-28-11-4-12-29-23/h4-8,11-14,16,21H,3,9-10,15H2,1-2H3/t16-,21?/m1/s1. The fraction of sp³-hybridized carbons (Fsp3) is 0.333. The number of ether oxygens (including phenoxy) is 1. The van der Waals surface area contributed by atoms with Gasteiger partial charge in [-0.2, -0.15) is 0 Å². The number of halogens is 3. The van der Waals surface area contributed by atoms with E-state index < -0.39 is 11.6 Å². The first-order valence-electron chi connectivity index (χ1n) is 10.6. The number of hydrogen-bond acceptors (Lipinski definition) is 5. The maximum Gasteiger partial charge on any atom is 0.254 e. The van der Waals surface area contributed by atoms with Gasteiger partial charge in [-0.3, -0.25) is 4.79 Å². The molecule has 1 unspecified atom stereocenters. The van der Waals surface area contributed by atoms with E-state index in [0.717, 1.165) is 17.0 Å². The van der Waals surface area contributed by atoms with Crippen LogP contribution >= 0.6 is 22.6 Å². The minimum absolute atomic E-state index is 0.00214. The number of alkyl halides is 1. The zero-order valence-electron chi connectivity index (χ0n) is 18.4. The lowest BCUT2D eigenvalue weighted by atomic mass is 9.93.